The fourth-order valence-corrected chi connectivity index (χ4v) is 0.995. The number of benzene rings is 1. The molecule has 0 fully saturated rings. The van der Waals surface area contributed by atoms with Crippen molar-refractivity contribution < 1.29 is 14.7 Å². The number of fused-ring (bicyclic) bond motifs is 1. The molecule has 1 aromatic heterocycles. The largest absolute Gasteiger partial charge is 0.480 e. The third kappa shape index (κ3) is 4.92. The molecule has 2 aromatic rings. The van der Waals surface area contributed by atoms with Gasteiger partial charge in [-0.3, -0.25) is 4.79 Å². The molecule has 4 N–H and O–H groups in total. The SMILES string of the molecule is C=O.NCC(=O)O.c1ccc2[nH]ccc2c1. The zero-order chi connectivity index (χ0) is 12.4. The summed E-state index contributed by atoms with van der Waals surface area (Å²) in [7, 11) is 0. The molecule has 0 bridgehead atoms. The van der Waals surface area contributed by atoms with Crippen LogP contribution in [0.4, 0.5) is 0 Å². The van der Waals surface area contributed by atoms with Crippen molar-refractivity contribution in [3.63, 3.8) is 0 Å². The van der Waals surface area contributed by atoms with Gasteiger partial charge >= 0.3 is 5.97 Å². The lowest BCUT2D eigenvalue weighted by Gasteiger charge is -1.83. The molecule has 0 aliphatic carbocycles. The Hall–Kier alpha value is -2.14. The van der Waals surface area contributed by atoms with Crippen molar-refractivity contribution in [3.8, 4) is 0 Å². The number of carboxylic acid groups (broad SMARTS) is 1. The maximum atomic E-state index is 9.24. The van der Waals surface area contributed by atoms with E-state index in [9.17, 15) is 4.79 Å². The number of carboxylic acids is 1. The van der Waals surface area contributed by atoms with Gasteiger partial charge in [-0.15, -0.1) is 0 Å². The van der Waals surface area contributed by atoms with E-state index in [0.29, 0.717) is 0 Å². The molecule has 0 unspecified atom stereocenters. The number of rotatable bonds is 1. The first-order chi connectivity index (χ1) is 7.74. The van der Waals surface area contributed by atoms with E-state index in [0.717, 1.165) is 0 Å². The van der Waals surface area contributed by atoms with Crippen LogP contribution in [-0.2, 0) is 9.59 Å². The van der Waals surface area contributed by atoms with Gasteiger partial charge in [-0.2, -0.15) is 0 Å². The topological polar surface area (TPSA) is 96.2 Å². The van der Waals surface area contributed by atoms with E-state index < -0.39 is 5.97 Å². The zero-order valence-electron chi connectivity index (χ0n) is 8.72. The average Bonchev–Trinajstić information content (AvgIpc) is 2.80. The molecular formula is C11H14N2O3. The summed E-state index contributed by atoms with van der Waals surface area (Å²) in [6, 6.07) is 10.3. The third-order valence-electron chi connectivity index (χ3n) is 1.64. The van der Waals surface area contributed by atoms with Gasteiger partial charge in [0.05, 0.1) is 6.54 Å². The summed E-state index contributed by atoms with van der Waals surface area (Å²) in [4.78, 5) is 20.4. The second-order valence-corrected chi connectivity index (χ2v) is 2.66. The normalized spacial score (nSPS) is 8.31. The van der Waals surface area contributed by atoms with Crippen LogP contribution in [-0.4, -0.2) is 29.4 Å². The Morgan fingerprint density at radius 3 is 2.38 bits per heavy atom. The van der Waals surface area contributed by atoms with Crippen LogP contribution in [0.25, 0.3) is 10.9 Å². The molecule has 0 spiro atoms. The van der Waals surface area contributed by atoms with Gasteiger partial charge in [0, 0.05) is 11.7 Å². The highest BCUT2D eigenvalue weighted by Gasteiger charge is 1.86. The van der Waals surface area contributed by atoms with E-state index in [2.05, 4.69) is 28.9 Å². The molecule has 0 atom stereocenters. The number of aromatic amines is 1. The lowest BCUT2D eigenvalue weighted by atomic mass is 10.3. The van der Waals surface area contributed by atoms with Crippen molar-refractivity contribution >= 4 is 23.7 Å². The summed E-state index contributed by atoms with van der Waals surface area (Å²) in [6.07, 6.45) is 1.95. The number of nitrogens with one attached hydrogen (secondary N) is 1. The maximum absolute atomic E-state index is 9.24. The highest BCUT2D eigenvalue weighted by Crippen LogP contribution is 2.09. The summed E-state index contributed by atoms with van der Waals surface area (Å²) in [6.45, 7) is 1.72. The smallest absolute Gasteiger partial charge is 0.317 e. The van der Waals surface area contributed by atoms with Crippen molar-refractivity contribution in [2.24, 2.45) is 5.73 Å². The Kier molecular flexibility index (Phi) is 7.10. The molecule has 16 heavy (non-hydrogen) atoms. The van der Waals surface area contributed by atoms with E-state index >= 15 is 0 Å². The Balaban J connectivity index is 0.000000280. The summed E-state index contributed by atoms with van der Waals surface area (Å²) >= 11 is 0. The molecule has 0 aliphatic rings. The Morgan fingerprint density at radius 2 is 1.88 bits per heavy atom. The van der Waals surface area contributed by atoms with Gasteiger partial charge in [-0.25, -0.2) is 0 Å². The number of carbonyl (C=O) groups is 2. The van der Waals surface area contributed by atoms with Crippen LogP contribution in [0, 0.1) is 0 Å². The Morgan fingerprint density at radius 1 is 1.31 bits per heavy atom. The van der Waals surface area contributed by atoms with Crippen LogP contribution in [0.2, 0.25) is 0 Å². The monoisotopic (exact) mass is 222 g/mol. The van der Waals surface area contributed by atoms with Gasteiger partial charge in [0.15, 0.2) is 0 Å². The number of aromatic nitrogens is 1. The average molecular weight is 222 g/mol. The number of H-pyrrole nitrogens is 1. The van der Waals surface area contributed by atoms with Crippen LogP contribution in [0.15, 0.2) is 36.5 Å². The van der Waals surface area contributed by atoms with E-state index in [1.54, 1.807) is 0 Å². The second-order valence-electron chi connectivity index (χ2n) is 2.66. The highest BCUT2D eigenvalue weighted by atomic mass is 16.4. The van der Waals surface area contributed by atoms with E-state index in [4.69, 9.17) is 9.90 Å². The van der Waals surface area contributed by atoms with Crippen LogP contribution in [0.5, 0.6) is 0 Å². The number of hydrogen-bond acceptors (Lipinski definition) is 3. The number of hydrogen-bond donors (Lipinski definition) is 3. The molecule has 2 rings (SSSR count). The quantitative estimate of drug-likeness (QED) is 0.671. The van der Waals surface area contributed by atoms with Gasteiger partial charge in [0.25, 0.3) is 0 Å². The summed E-state index contributed by atoms with van der Waals surface area (Å²) in [5, 5.41) is 8.87. The van der Waals surface area contributed by atoms with Gasteiger partial charge < -0.3 is 20.6 Å². The zero-order valence-corrected chi connectivity index (χ0v) is 8.72. The molecular weight excluding hydrogens is 208 g/mol. The summed E-state index contributed by atoms with van der Waals surface area (Å²) in [5.41, 5.74) is 5.78. The predicted octanol–water partition coefficient (Wildman–Crippen LogP) is 1.01. The van der Waals surface area contributed by atoms with Crippen molar-refractivity contribution in [3.05, 3.63) is 36.5 Å². The second kappa shape index (κ2) is 8.19. The molecule has 5 nitrogen and oxygen atoms in total. The maximum Gasteiger partial charge on any atom is 0.317 e. The summed E-state index contributed by atoms with van der Waals surface area (Å²) in [5.74, 6) is -0.968. The van der Waals surface area contributed by atoms with Crippen LogP contribution < -0.4 is 5.73 Å². The molecule has 0 saturated carbocycles. The fraction of sp³-hybridized carbons (Fsp3) is 0.0909. The fourth-order valence-electron chi connectivity index (χ4n) is 0.995. The number of aliphatic carboxylic acids is 1. The minimum absolute atomic E-state index is 0.278. The Labute approximate surface area is 92.9 Å². The van der Waals surface area contributed by atoms with E-state index in [1.165, 1.54) is 10.9 Å². The molecule has 1 heterocycles. The van der Waals surface area contributed by atoms with Crippen LogP contribution in [0.1, 0.15) is 0 Å². The van der Waals surface area contributed by atoms with Crippen molar-refractivity contribution in [1.82, 2.24) is 4.98 Å². The van der Waals surface area contributed by atoms with Crippen LogP contribution in [0.3, 0.4) is 0 Å². The highest BCUT2D eigenvalue weighted by molar-refractivity contribution is 5.78. The lowest BCUT2D eigenvalue weighted by molar-refractivity contribution is -0.135. The standard InChI is InChI=1S/C8H7N.C2H5NO2.CH2O/c1-2-4-8-7(3-1)5-6-9-8;3-1-2(4)5;1-2/h1-6,9H;1,3H2,(H,4,5);1H2. The number of para-hydroxylation sites is 1. The van der Waals surface area contributed by atoms with E-state index in [1.807, 2.05) is 25.1 Å². The first-order valence-electron chi connectivity index (χ1n) is 4.47. The molecule has 86 valence electrons. The predicted molar refractivity (Wildman–Crippen MR) is 62.1 cm³/mol. The first-order valence-corrected chi connectivity index (χ1v) is 4.47. The molecule has 5 heteroatoms. The van der Waals surface area contributed by atoms with Gasteiger partial charge in [-0.05, 0) is 17.5 Å². The van der Waals surface area contributed by atoms with Gasteiger partial charge in [-0.1, -0.05) is 18.2 Å². The van der Waals surface area contributed by atoms with Gasteiger partial charge in [0.2, 0.25) is 0 Å². The van der Waals surface area contributed by atoms with Gasteiger partial charge in [0.1, 0.15) is 6.79 Å². The van der Waals surface area contributed by atoms with Crippen molar-refractivity contribution in [1.29, 1.82) is 0 Å². The molecule has 0 amide bonds. The number of nitrogens with two attached hydrogens (primary N) is 1. The molecule has 1 aromatic carbocycles. The number of carbonyl (C=O) groups excluding carboxylic acids is 1. The summed E-state index contributed by atoms with van der Waals surface area (Å²) < 4.78 is 0. The van der Waals surface area contributed by atoms with Crippen LogP contribution >= 0.6 is 0 Å². The van der Waals surface area contributed by atoms with Crippen molar-refractivity contribution in [2.75, 3.05) is 6.54 Å². The van der Waals surface area contributed by atoms with Crippen molar-refractivity contribution in [2.45, 2.75) is 0 Å². The van der Waals surface area contributed by atoms with E-state index in [-0.39, 0.29) is 6.54 Å². The molecule has 0 aliphatic heterocycles. The molecule has 0 radical (unpaired) electrons. The lowest BCUT2D eigenvalue weighted by Crippen LogP contribution is -2.10. The first kappa shape index (κ1) is 13.9. The minimum Gasteiger partial charge on any atom is -0.480 e. The molecule has 0 saturated heterocycles. The minimum atomic E-state index is -0.968. The third-order valence-corrected chi connectivity index (χ3v) is 1.64. The Bertz CT molecular complexity index is 396.